The molecule has 0 aliphatic heterocycles. The van der Waals surface area contributed by atoms with Crippen molar-refractivity contribution >= 4 is 11.0 Å². The number of aromatic amines is 1. The zero-order valence-electron chi connectivity index (χ0n) is 10.6. The summed E-state index contributed by atoms with van der Waals surface area (Å²) in [5, 5.41) is 10.2. The van der Waals surface area contributed by atoms with E-state index in [1.54, 1.807) is 6.07 Å². The van der Waals surface area contributed by atoms with Crippen LogP contribution in [0.4, 0.5) is 13.2 Å². The van der Waals surface area contributed by atoms with Gasteiger partial charge in [-0.3, -0.25) is 9.89 Å². The van der Waals surface area contributed by atoms with E-state index >= 15 is 0 Å². The Kier molecular flexibility index (Phi) is 3.00. The second kappa shape index (κ2) is 4.72. The van der Waals surface area contributed by atoms with Crippen LogP contribution in [0.3, 0.4) is 0 Å². The molecule has 1 aromatic carbocycles. The molecule has 0 atom stereocenters. The van der Waals surface area contributed by atoms with Crippen molar-refractivity contribution in [3.8, 4) is 0 Å². The first-order valence-electron chi connectivity index (χ1n) is 6.01. The third kappa shape index (κ3) is 2.51. The SMILES string of the molecule is O=c1c2nnccc2[nH]n1Cc1ccc(C(F)(F)F)cc1. The first-order chi connectivity index (χ1) is 9.95. The van der Waals surface area contributed by atoms with Crippen LogP contribution in [0.2, 0.25) is 0 Å². The minimum absolute atomic E-state index is 0.132. The average molecular weight is 294 g/mol. The molecular formula is C13H9F3N4O. The lowest BCUT2D eigenvalue weighted by atomic mass is 10.1. The van der Waals surface area contributed by atoms with Gasteiger partial charge in [-0.2, -0.15) is 18.3 Å². The molecule has 5 nitrogen and oxygen atoms in total. The Hall–Kier alpha value is -2.64. The number of fused-ring (bicyclic) bond motifs is 1. The quantitative estimate of drug-likeness (QED) is 0.788. The minimum Gasteiger partial charge on any atom is -0.293 e. The summed E-state index contributed by atoms with van der Waals surface area (Å²) < 4.78 is 38.7. The average Bonchev–Trinajstić information content (AvgIpc) is 2.76. The van der Waals surface area contributed by atoms with Gasteiger partial charge in [-0.1, -0.05) is 12.1 Å². The highest BCUT2D eigenvalue weighted by Crippen LogP contribution is 2.29. The Balaban J connectivity index is 1.92. The lowest BCUT2D eigenvalue weighted by Gasteiger charge is -2.07. The van der Waals surface area contributed by atoms with Crippen molar-refractivity contribution < 1.29 is 13.2 Å². The summed E-state index contributed by atoms with van der Waals surface area (Å²) in [5.74, 6) is 0. The molecular weight excluding hydrogens is 285 g/mol. The molecule has 2 aromatic heterocycles. The van der Waals surface area contributed by atoms with Crippen LogP contribution >= 0.6 is 0 Å². The van der Waals surface area contributed by atoms with Gasteiger partial charge in [0.15, 0.2) is 5.52 Å². The molecule has 0 amide bonds. The second-order valence-electron chi connectivity index (χ2n) is 4.49. The maximum Gasteiger partial charge on any atom is 0.416 e. The van der Waals surface area contributed by atoms with E-state index in [2.05, 4.69) is 15.3 Å². The van der Waals surface area contributed by atoms with Crippen molar-refractivity contribution in [2.45, 2.75) is 12.7 Å². The molecule has 108 valence electrons. The maximum absolute atomic E-state index is 12.5. The molecule has 0 unspecified atom stereocenters. The molecule has 3 rings (SSSR count). The fourth-order valence-electron chi connectivity index (χ4n) is 2.00. The standard InChI is InChI=1S/C13H9F3N4O/c14-13(15,16)9-3-1-8(2-4-9)7-20-12(21)11-10(19-20)5-6-17-18-11/h1-6,19H,7H2. The van der Waals surface area contributed by atoms with Gasteiger partial charge in [0, 0.05) is 0 Å². The van der Waals surface area contributed by atoms with Crippen molar-refractivity contribution in [1.29, 1.82) is 0 Å². The van der Waals surface area contributed by atoms with Crippen molar-refractivity contribution in [2.24, 2.45) is 0 Å². The van der Waals surface area contributed by atoms with Crippen molar-refractivity contribution in [1.82, 2.24) is 20.0 Å². The Morgan fingerprint density at radius 2 is 1.86 bits per heavy atom. The van der Waals surface area contributed by atoms with Crippen LogP contribution in [-0.2, 0) is 12.7 Å². The van der Waals surface area contributed by atoms with Crippen molar-refractivity contribution in [3.05, 3.63) is 58.0 Å². The predicted octanol–water partition coefficient (Wildman–Crippen LogP) is 2.19. The van der Waals surface area contributed by atoms with Crippen LogP contribution in [-0.4, -0.2) is 20.0 Å². The Labute approximate surface area is 116 Å². The van der Waals surface area contributed by atoms with E-state index in [0.717, 1.165) is 12.1 Å². The number of nitrogens with zero attached hydrogens (tertiary/aromatic N) is 3. The first-order valence-corrected chi connectivity index (χ1v) is 6.01. The summed E-state index contributed by atoms with van der Waals surface area (Å²) in [6.07, 6.45) is -2.92. The molecule has 0 spiro atoms. The van der Waals surface area contributed by atoms with Crippen LogP contribution in [0.15, 0.2) is 41.3 Å². The molecule has 0 saturated heterocycles. The van der Waals surface area contributed by atoms with Crippen molar-refractivity contribution in [3.63, 3.8) is 0 Å². The van der Waals surface area contributed by atoms with Gasteiger partial charge in [0.1, 0.15) is 0 Å². The van der Waals surface area contributed by atoms with E-state index in [4.69, 9.17) is 0 Å². The first kappa shape index (κ1) is 13.3. The van der Waals surface area contributed by atoms with E-state index in [9.17, 15) is 18.0 Å². The molecule has 2 heterocycles. The van der Waals surface area contributed by atoms with Gasteiger partial charge in [-0.15, -0.1) is 5.10 Å². The predicted molar refractivity (Wildman–Crippen MR) is 68.7 cm³/mol. The van der Waals surface area contributed by atoms with Crippen LogP contribution in [0.25, 0.3) is 11.0 Å². The summed E-state index contributed by atoms with van der Waals surface area (Å²) in [4.78, 5) is 12.0. The van der Waals surface area contributed by atoms with E-state index in [0.29, 0.717) is 11.1 Å². The highest BCUT2D eigenvalue weighted by atomic mass is 19.4. The van der Waals surface area contributed by atoms with Crippen LogP contribution in [0.5, 0.6) is 0 Å². The Morgan fingerprint density at radius 1 is 1.14 bits per heavy atom. The Bertz CT molecular complexity index is 833. The van der Waals surface area contributed by atoms with E-state index in [-0.39, 0.29) is 17.6 Å². The van der Waals surface area contributed by atoms with Gasteiger partial charge < -0.3 is 0 Å². The number of aromatic nitrogens is 4. The number of halogens is 3. The van der Waals surface area contributed by atoms with Gasteiger partial charge in [0.2, 0.25) is 0 Å². The monoisotopic (exact) mass is 294 g/mol. The van der Waals surface area contributed by atoms with Gasteiger partial charge in [0.25, 0.3) is 5.56 Å². The van der Waals surface area contributed by atoms with E-state index < -0.39 is 11.7 Å². The molecule has 1 N–H and O–H groups in total. The summed E-state index contributed by atoms with van der Waals surface area (Å²) in [6, 6.07) is 6.26. The molecule has 21 heavy (non-hydrogen) atoms. The number of nitrogens with one attached hydrogen (secondary N) is 1. The third-order valence-electron chi connectivity index (χ3n) is 3.05. The van der Waals surface area contributed by atoms with E-state index in [1.807, 2.05) is 0 Å². The van der Waals surface area contributed by atoms with Crippen LogP contribution in [0.1, 0.15) is 11.1 Å². The number of hydrogen-bond donors (Lipinski definition) is 1. The number of alkyl halides is 3. The lowest BCUT2D eigenvalue weighted by Crippen LogP contribution is -2.18. The van der Waals surface area contributed by atoms with Gasteiger partial charge in [0.05, 0.1) is 23.8 Å². The number of hydrogen-bond acceptors (Lipinski definition) is 3. The molecule has 0 bridgehead atoms. The summed E-state index contributed by atoms with van der Waals surface area (Å²) in [7, 11) is 0. The summed E-state index contributed by atoms with van der Waals surface area (Å²) in [6.45, 7) is 0.132. The largest absolute Gasteiger partial charge is 0.416 e. The Morgan fingerprint density at radius 3 is 2.48 bits per heavy atom. The van der Waals surface area contributed by atoms with Gasteiger partial charge in [-0.25, -0.2) is 4.68 Å². The number of benzene rings is 1. The smallest absolute Gasteiger partial charge is 0.293 e. The van der Waals surface area contributed by atoms with Crippen molar-refractivity contribution in [2.75, 3.05) is 0 Å². The third-order valence-corrected chi connectivity index (χ3v) is 3.05. The zero-order chi connectivity index (χ0) is 15.0. The van der Waals surface area contributed by atoms with Crippen LogP contribution in [0, 0.1) is 0 Å². The highest BCUT2D eigenvalue weighted by Gasteiger charge is 2.29. The molecule has 0 radical (unpaired) electrons. The lowest BCUT2D eigenvalue weighted by molar-refractivity contribution is -0.137. The minimum atomic E-state index is -4.37. The zero-order valence-corrected chi connectivity index (χ0v) is 10.6. The molecule has 3 aromatic rings. The summed E-state index contributed by atoms with van der Waals surface area (Å²) in [5.41, 5.74) is 0.218. The normalized spacial score (nSPS) is 12.0. The molecule has 0 aliphatic carbocycles. The second-order valence-corrected chi connectivity index (χ2v) is 4.49. The molecule has 0 fully saturated rings. The molecule has 0 saturated carbocycles. The van der Waals surface area contributed by atoms with E-state index in [1.165, 1.54) is 23.0 Å². The van der Waals surface area contributed by atoms with Gasteiger partial charge >= 0.3 is 6.18 Å². The number of H-pyrrole nitrogens is 1. The topological polar surface area (TPSA) is 63.6 Å². The molecule has 8 heteroatoms. The van der Waals surface area contributed by atoms with Crippen LogP contribution < -0.4 is 5.56 Å². The molecule has 0 aliphatic rings. The fraction of sp³-hybridized carbons (Fsp3) is 0.154. The van der Waals surface area contributed by atoms with Gasteiger partial charge in [-0.05, 0) is 23.8 Å². The summed E-state index contributed by atoms with van der Waals surface area (Å²) >= 11 is 0. The number of rotatable bonds is 2. The fourth-order valence-corrected chi connectivity index (χ4v) is 2.00. The highest BCUT2D eigenvalue weighted by molar-refractivity contribution is 5.71. The maximum atomic E-state index is 12.5.